The Balaban J connectivity index is 3.38. The van der Waals surface area contributed by atoms with Crippen LogP contribution in [0.3, 0.4) is 0 Å². The molecule has 0 rings (SSSR count). The molecule has 2 N–H and O–H groups in total. The molecule has 0 radical (unpaired) electrons. The maximum atomic E-state index is 4.97. The number of ether oxygens (including phenoxy) is 1. The summed E-state index contributed by atoms with van der Waals surface area (Å²) >= 11 is 0. The van der Waals surface area contributed by atoms with Gasteiger partial charge in [0, 0.05) is 6.42 Å². The van der Waals surface area contributed by atoms with Crippen LogP contribution in [0.5, 0.6) is 0 Å². The predicted octanol–water partition coefficient (Wildman–Crippen LogP) is 0.705. The fourth-order valence-corrected chi connectivity index (χ4v) is 0.397. The first-order chi connectivity index (χ1) is 3.85. The quantitative estimate of drug-likeness (QED) is 0.250. The number of hydrogen-bond donors (Lipinski definition) is 1. The lowest BCUT2D eigenvalue weighted by molar-refractivity contribution is 0.317. The zero-order valence-corrected chi connectivity index (χ0v) is 5.35. The Morgan fingerprint density at radius 3 is 2.38 bits per heavy atom. The summed E-state index contributed by atoms with van der Waals surface area (Å²) < 4.78 is 4.97. The highest BCUT2D eigenvalue weighted by Crippen LogP contribution is 1.84. The van der Waals surface area contributed by atoms with Crippen LogP contribution in [0.25, 0.3) is 0 Å². The van der Waals surface area contributed by atoms with Gasteiger partial charge in [0.1, 0.15) is 0 Å². The lowest BCUT2D eigenvalue weighted by Crippen LogP contribution is -2.05. The summed E-state index contributed by atoms with van der Waals surface area (Å²) in [5.74, 6) is 5.55. The Kier molecular flexibility index (Phi) is 4.03. The molecule has 0 aromatic heterocycles. The van der Waals surface area contributed by atoms with Crippen molar-refractivity contribution in [2.24, 2.45) is 10.9 Å². The molecule has 0 bridgehead atoms. The van der Waals surface area contributed by atoms with Crippen molar-refractivity contribution in [2.45, 2.75) is 20.3 Å². The molecule has 0 aromatic carbocycles. The second-order valence-electron chi connectivity index (χ2n) is 1.31. The van der Waals surface area contributed by atoms with E-state index in [2.05, 4.69) is 5.10 Å². The van der Waals surface area contributed by atoms with Crippen LogP contribution in [0, 0.1) is 0 Å². The molecule has 0 spiro atoms. The lowest BCUT2D eigenvalue weighted by atomic mass is 10.5. The van der Waals surface area contributed by atoms with Crippen molar-refractivity contribution in [3.63, 3.8) is 0 Å². The van der Waals surface area contributed by atoms with Gasteiger partial charge in [0.25, 0.3) is 0 Å². The van der Waals surface area contributed by atoms with Gasteiger partial charge < -0.3 is 10.6 Å². The maximum absolute atomic E-state index is 4.97. The molecule has 0 aromatic rings. The summed E-state index contributed by atoms with van der Waals surface area (Å²) in [5.41, 5.74) is 0. The van der Waals surface area contributed by atoms with E-state index in [1.165, 1.54) is 0 Å². The molecular weight excluding hydrogens is 104 g/mol. The van der Waals surface area contributed by atoms with E-state index in [4.69, 9.17) is 10.6 Å². The molecule has 0 fully saturated rings. The summed E-state index contributed by atoms with van der Waals surface area (Å²) in [6.45, 7) is 4.49. The first-order valence-corrected chi connectivity index (χ1v) is 2.74. The van der Waals surface area contributed by atoms with Crippen molar-refractivity contribution in [2.75, 3.05) is 6.61 Å². The smallest absolute Gasteiger partial charge is 0.205 e. The average Bonchev–Trinajstić information content (AvgIpc) is 1.83. The highest BCUT2D eigenvalue weighted by molar-refractivity contribution is 5.75. The van der Waals surface area contributed by atoms with Crippen LogP contribution in [0.1, 0.15) is 20.3 Å². The van der Waals surface area contributed by atoms with Gasteiger partial charge in [-0.15, -0.1) is 5.10 Å². The van der Waals surface area contributed by atoms with Gasteiger partial charge in [0.05, 0.1) is 6.61 Å². The second kappa shape index (κ2) is 4.43. The summed E-state index contributed by atoms with van der Waals surface area (Å²) in [4.78, 5) is 0. The van der Waals surface area contributed by atoms with E-state index in [0.717, 1.165) is 6.42 Å². The van der Waals surface area contributed by atoms with Crippen molar-refractivity contribution in [3.05, 3.63) is 0 Å². The van der Waals surface area contributed by atoms with Crippen LogP contribution >= 0.6 is 0 Å². The van der Waals surface area contributed by atoms with Gasteiger partial charge in [0.2, 0.25) is 5.90 Å². The fraction of sp³-hybridized carbons (Fsp3) is 0.800. The molecule has 8 heavy (non-hydrogen) atoms. The van der Waals surface area contributed by atoms with Gasteiger partial charge in [0.15, 0.2) is 0 Å². The third kappa shape index (κ3) is 2.44. The third-order valence-corrected chi connectivity index (χ3v) is 0.757. The van der Waals surface area contributed by atoms with E-state index in [1.807, 2.05) is 13.8 Å². The number of nitrogens with zero attached hydrogens (tertiary/aromatic N) is 1. The highest BCUT2D eigenvalue weighted by Gasteiger charge is 1.89. The third-order valence-electron chi connectivity index (χ3n) is 0.757. The minimum atomic E-state index is 0.618. The average molecular weight is 116 g/mol. The van der Waals surface area contributed by atoms with E-state index < -0.39 is 0 Å². The standard InChI is InChI=1S/C5H12N2O/c1-3-5(7-6)8-4-2/h3-4,6H2,1-2H3/b7-5+. The number of hydrazone groups is 1. The highest BCUT2D eigenvalue weighted by atomic mass is 16.5. The molecule has 3 heteroatoms. The van der Waals surface area contributed by atoms with Crippen LogP contribution in [-0.4, -0.2) is 12.5 Å². The van der Waals surface area contributed by atoms with Crippen LogP contribution in [-0.2, 0) is 4.74 Å². The van der Waals surface area contributed by atoms with Gasteiger partial charge in [-0.1, -0.05) is 6.92 Å². The molecule has 0 saturated heterocycles. The Labute approximate surface area is 49.5 Å². The first-order valence-electron chi connectivity index (χ1n) is 2.74. The van der Waals surface area contributed by atoms with Crippen molar-refractivity contribution in [3.8, 4) is 0 Å². The molecule has 0 atom stereocenters. The number of hydrogen-bond acceptors (Lipinski definition) is 3. The van der Waals surface area contributed by atoms with Crippen LogP contribution in [0.15, 0.2) is 5.10 Å². The number of rotatable bonds is 2. The fourth-order valence-electron chi connectivity index (χ4n) is 0.397. The molecule has 0 aliphatic carbocycles. The Morgan fingerprint density at radius 2 is 2.25 bits per heavy atom. The van der Waals surface area contributed by atoms with Crippen LogP contribution in [0.2, 0.25) is 0 Å². The Morgan fingerprint density at radius 1 is 1.62 bits per heavy atom. The summed E-state index contributed by atoms with van der Waals surface area (Å²) in [5, 5.41) is 3.39. The van der Waals surface area contributed by atoms with Gasteiger partial charge >= 0.3 is 0 Å². The molecule has 48 valence electrons. The zero-order chi connectivity index (χ0) is 6.41. The van der Waals surface area contributed by atoms with Crippen molar-refractivity contribution in [1.29, 1.82) is 0 Å². The second-order valence-corrected chi connectivity index (χ2v) is 1.31. The van der Waals surface area contributed by atoms with Crippen LogP contribution < -0.4 is 5.84 Å². The zero-order valence-electron chi connectivity index (χ0n) is 5.35. The van der Waals surface area contributed by atoms with Gasteiger partial charge in [-0.05, 0) is 6.92 Å². The van der Waals surface area contributed by atoms with Crippen LogP contribution in [0.4, 0.5) is 0 Å². The van der Waals surface area contributed by atoms with Gasteiger partial charge in [-0.3, -0.25) is 0 Å². The van der Waals surface area contributed by atoms with Crippen molar-refractivity contribution >= 4 is 5.90 Å². The normalized spacial score (nSPS) is 11.5. The molecular formula is C5H12N2O. The number of nitrogens with two attached hydrogens (primary N) is 1. The Bertz CT molecular complexity index is 80.5. The van der Waals surface area contributed by atoms with Crippen molar-refractivity contribution in [1.82, 2.24) is 0 Å². The maximum Gasteiger partial charge on any atom is 0.205 e. The molecule has 0 saturated carbocycles. The lowest BCUT2D eigenvalue weighted by Gasteiger charge is -2.00. The topological polar surface area (TPSA) is 47.6 Å². The van der Waals surface area contributed by atoms with E-state index in [-0.39, 0.29) is 0 Å². The SMILES string of the molecule is CCO/C(CC)=N/N. The minimum Gasteiger partial charge on any atom is -0.480 e. The van der Waals surface area contributed by atoms with E-state index in [1.54, 1.807) is 0 Å². The van der Waals surface area contributed by atoms with Gasteiger partial charge in [-0.2, -0.15) is 0 Å². The summed E-state index contributed by atoms with van der Waals surface area (Å²) in [6.07, 6.45) is 0.768. The summed E-state index contributed by atoms with van der Waals surface area (Å²) in [7, 11) is 0. The molecule has 3 nitrogen and oxygen atoms in total. The molecule has 0 heterocycles. The van der Waals surface area contributed by atoms with Gasteiger partial charge in [-0.25, -0.2) is 0 Å². The predicted molar refractivity (Wildman–Crippen MR) is 33.5 cm³/mol. The van der Waals surface area contributed by atoms with Crippen molar-refractivity contribution < 1.29 is 4.74 Å². The van der Waals surface area contributed by atoms with E-state index >= 15 is 0 Å². The summed E-state index contributed by atoms with van der Waals surface area (Å²) in [6, 6.07) is 0. The molecule has 0 aliphatic rings. The minimum absolute atomic E-state index is 0.618. The largest absolute Gasteiger partial charge is 0.480 e. The molecule has 0 amide bonds. The first kappa shape index (κ1) is 7.27. The Hall–Kier alpha value is -0.730. The van der Waals surface area contributed by atoms with E-state index in [0.29, 0.717) is 12.5 Å². The molecule has 0 aliphatic heterocycles. The van der Waals surface area contributed by atoms with E-state index in [9.17, 15) is 0 Å². The molecule has 0 unspecified atom stereocenters. The monoisotopic (exact) mass is 116 g/mol.